The third-order valence-corrected chi connectivity index (χ3v) is 3.55. The molecule has 1 fully saturated rings. The van der Waals surface area contributed by atoms with Gasteiger partial charge in [-0.25, -0.2) is 0 Å². The van der Waals surface area contributed by atoms with Crippen molar-refractivity contribution < 1.29 is 14.7 Å². The minimum atomic E-state index is -0.930. The van der Waals surface area contributed by atoms with Crippen LogP contribution in [0.2, 0.25) is 0 Å². The molecule has 1 N–H and O–H groups in total. The smallest absolute Gasteiger partial charge is 0.323 e. The highest BCUT2D eigenvalue weighted by molar-refractivity contribution is 7.07. The first-order valence-corrected chi connectivity index (χ1v) is 6.63. The van der Waals surface area contributed by atoms with Gasteiger partial charge in [-0.2, -0.15) is 11.3 Å². The molecular weight excluding hydrogens is 238 g/mol. The summed E-state index contributed by atoms with van der Waals surface area (Å²) >= 11 is 1.61. The number of nitrogens with zero attached hydrogens (tertiary/aromatic N) is 1. The van der Waals surface area contributed by atoms with Gasteiger partial charge in [0, 0.05) is 12.5 Å². The molecule has 0 spiro atoms. The van der Waals surface area contributed by atoms with E-state index in [9.17, 15) is 9.59 Å². The normalized spacial score (nSPS) is 14.6. The fraction of sp³-hybridized carbons (Fsp3) is 0.500. The van der Waals surface area contributed by atoms with Crippen LogP contribution in [0.4, 0.5) is 0 Å². The molecule has 0 saturated heterocycles. The monoisotopic (exact) mass is 253 g/mol. The molecule has 1 aromatic rings. The number of carbonyl (C=O) groups is 2. The average Bonchev–Trinajstić information content (AvgIpc) is 2.99. The quantitative estimate of drug-likeness (QED) is 0.840. The Labute approximate surface area is 104 Å². The Hall–Kier alpha value is -1.36. The largest absolute Gasteiger partial charge is 0.480 e. The van der Waals surface area contributed by atoms with Gasteiger partial charge in [-0.3, -0.25) is 9.59 Å². The van der Waals surface area contributed by atoms with Gasteiger partial charge in [0.15, 0.2) is 0 Å². The molecule has 0 aliphatic heterocycles. The van der Waals surface area contributed by atoms with Crippen molar-refractivity contribution in [2.75, 3.05) is 6.54 Å². The molecule has 0 radical (unpaired) electrons. The van der Waals surface area contributed by atoms with E-state index in [1.54, 1.807) is 11.3 Å². The van der Waals surface area contributed by atoms with E-state index in [4.69, 9.17) is 5.11 Å². The van der Waals surface area contributed by atoms with E-state index in [0.29, 0.717) is 12.8 Å². The van der Waals surface area contributed by atoms with Gasteiger partial charge < -0.3 is 10.0 Å². The van der Waals surface area contributed by atoms with Gasteiger partial charge in [-0.1, -0.05) is 0 Å². The third-order valence-electron chi connectivity index (χ3n) is 2.82. The Morgan fingerprint density at radius 1 is 1.47 bits per heavy atom. The van der Waals surface area contributed by atoms with Crippen LogP contribution in [0, 0.1) is 0 Å². The fourth-order valence-electron chi connectivity index (χ4n) is 1.78. The first kappa shape index (κ1) is 12.1. The van der Waals surface area contributed by atoms with Crippen LogP contribution in [0.15, 0.2) is 16.8 Å². The summed E-state index contributed by atoms with van der Waals surface area (Å²) in [7, 11) is 0. The molecular formula is C12H15NO3S. The Balaban J connectivity index is 1.85. The highest BCUT2D eigenvalue weighted by Crippen LogP contribution is 2.27. The van der Waals surface area contributed by atoms with Gasteiger partial charge in [-0.15, -0.1) is 0 Å². The van der Waals surface area contributed by atoms with Crippen molar-refractivity contribution in [2.45, 2.75) is 31.7 Å². The van der Waals surface area contributed by atoms with Crippen LogP contribution in [0.3, 0.4) is 0 Å². The average molecular weight is 253 g/mol. The van der Waals surface area contributed by atoms with Crippen molar-refractivity contribution in [3.8, 4) is 0 Å². The molecule has 1 aliphatic rings. The fourth-order valence-corrected chi connectivity index (χ4v) is 2.49. The summed E-state index contributed by atoms with van der Waals surface area (Å²) in [5.41, 5.74) is 1.15. The van der Waals surface area contributed by atoms with Gasteiger partial charge in [0.05, 0.1) is 0 Å². The standard InChI is InChI=1S/C12H15NO3S/c14-11(4-1-9-5-6-17-8-9)13(7-12(15)16)10-2-3-10/h5-6,8,10H,1-4,7H2,(H,15,16). The van der Waals surface area contributed by atoms with E-state index in [1.165, 1.54) is 4.90 Å². The van der Waals surface area contributed by atoms with Crippen molar-refractivity contribution in [3.63, 3.8) is 0 Å². The van der Waals surface area contributed by atoms with Crippen molar-refractivity contribution in [2.24, 2.45) is 0 Å². The maximum atomic E-state index is 11.9. The zero-order valence-electron chi connectivity index (χ0n) is 9.46. The molecule has 1 saturated carbocycles. The minimum absolute atomic E-state index is 0.0406. The van der Waals surface area contributed by atoms with E-state index in [2.05, 4.69) is 0 Å². The third kappa shape index (κ3) is 3.56. The molecule has 0 unspecified atom stereocenters. The maximum absolute atomic E-state index is 11.9. The molecule has 92 valence electrons. The molecule has 17 heavy (non-hydrogen) atoms. The van der Waals surface area contributed by atoms with Crippen LogP contribution in [0.5, 0.6) is 0 Å². The first-order valence-electron chi connectivity index (χ1n) is 5.69. The number of amides is 1. The molecule has 5 heteroatoms. The Morgan fingerprint density at radius 3 is 2.76 bits per heavy atom. The van der Waals surface area contributed by atoms with E-state index in [-0.39, 0.29) is 18.5 Å². The predicted molar refractivity (Wildman–Crippen MR) is 65.0 cm³/mol. The second-order valence-corrected chi connectivity index (χ2v) is 5.06. The van der Waals surface area contributed by atoms with E-state index in [0.717, 1.165) is 18.4 Å². The van der Waals surface area contributed by atoms with Crippen molar-refractivity contribution in [1.29, 1.82) is 0 Å². The van der Waals surface area contributed by atoms with Crippen LogP contribution in [0.1, 0.15) is 24.8 Å². The molecule has 1 aromatic heterocycles. The maximum Gasteiger partial charge on any atom is 0.323 e. The van der Waals surface area contributed by atoms with Crippen molar-refractivity contribution >= 4 is 23.2 Å². The zero-order chi connectivity index (χ0) is 12.3. The molecule has 0 bridgehead atoms. The van der Waals surface area contributed by atoms with E-state index >= 15 is 0 Å². The predicted octanol–water partition coefficient (Wildman–Crippen LogP) is 1.76. The number of aryl methyl sites for hydroxylation is 1. The molecule has 0 atom stereocenters. The highest BCUT2D eigenvalue weighted by atomic mass is 32.1. The highest BCUT2D eigenvalue weighted by Gasteiger charge is 2.33. The second-order valence-electron chi connectivity index (χ2n) is 4.28. The zero-order valence-corrected chi connectivity index (χ0v) is 10.3. The molecule has 1 aliphatic carbocycles. The summed E-state index contributed by atoms with van der Waals surface area (Å²) in [5.74, 6) is -0.970. The van der Waals surface area contributed by atoms with Gasteiger partial charge in [0.25, 0.3) is 0 Å². The Morgan fingerprint density at radius 2 is 2.24 bits per heavy atom. The SMILES string of the molecule is O=C(O)CN(C(=O)CCc1ccsc1)C1CC1. The van der Waals surface area contributed by atoms with Crippen LogP contribution in [-0.2, 0) is 16.0 Å². The summed E-state index contributed by atoms with van der Waals surface area (Å²) in [5, 5.41) is 12.8. The summed E-state index contributed by atoms with van der Waals surface area (Å²) in [4.78, 5) is 24.1. The number of carbonyl (C=O) groups excluding carboxylic acids is 1. The summed E-state index contributed by atoms with van der Waals surface area (Å²) < 4.78 is 0. The van der Waals surface area contributed by atoms with Crippen LogP contribution in [-0.4, -0.2) is 34.5 Å². The van der Waals surface area contributed by atoms with Gasteiger partial charge in [0.2, 0.25) is 5.91 Å². The molecule has 2 rings (SSSR count). The van der Waals surface area contributed by atoms with Gasteiger partial charge >= 0.3 is 5.97 Å². The lowest BCUT2D eigenvalue weighted by Gasteiger charge is -2.19. The van der Waals surface area contributed by atoms with Crippen LogP contribution < -0.4 is 0 Å². The molecule has 0 aromatic carbocycles. The number of carboxylic acid groups (broad SMARTS) is 1. The Kier molecular flexibility index (Phi) is 3.78. The molecule has 1 amide bonds. The number of thiophene rings is 1. The lowest BCUT2D eigenvalue weighted by molar-refractivity contribution is -0.144. The lowest BCUT2D eigenvalue weighted by Crippen LogP contribution is -2.37. The first-order chi connectivity index (χ1) is 8.16. The number of hydrogen-bond donors (Lipinski definition) is 1. The number of carboxylic acids is 1. The number of aliphatic carboxylic acids is 1. The number of rotatable bonds is 6. The van der Waals surface area contributed by atoms with Crippen LogP contribution >= 0.6 is 11.3 Å². The summed E-state index contributed by atoms with van der Waals surface area (Å²) in [6.45, 7) is -0.160. The number of hydrogen-bond acceptors (Lipinski definition) is 3. The lowest BCUT2D eigenvalue weighted by atomic mass is 10.2. The second kappa shape index (κ2) is 5.31. The van der Waals surface area contributed by atoms with E-state index < -0.39 is 5.97 Å². The topological polar surface area (TPSA) is 57.6 Å². The van der Waals surface area contributed by atoms with Gasteiger partial charge in [-0.05, 0) is 41.7 Å². The van der Waals surface area contributed by atoms with Crippen molar-refractivity contribution in [1.82, 2.24) is 4.90 Å². The Bertz CT molecular complexity index is 398. The van der Waals surface area contributed by atoms with Crippen LogP contribution in [0.25, 0.3) is 0 Å². The minimum Gasteiger partial charge on any atom is -0.480 e. The molecule has 4 nitrogen and oxygen atoms in total. The summed E-state index contributed by atoms with van der Waals surface area (Å²) in [6.07, 6.45) is 2.99. The van der Waals surface area contributed by atoms with Crippen molar-refractivity contribution in [3.05, 3.63) is 22.4 Å². The molecule has 1 heterocycles. The summed E-state index contributed by atoms with van der Waals surface area (Å²) in [6, 6.07) is 2.16. The van der Waals surface area contributed by atoms with E-state index in [1.807, 2.05) is 16.8 Å². The van der Waals surface area contributed by atoms with Gasteiger partial charge in [0.1, 0.15) is 6.54 Å².